The number of aromatic nitrogens is 4. The molecule has 8 nitrogen and oxygen atoms in total. The molecule has 2 aromatic carbocycles. The molecular formula is C26H25N5O3. The lowest BCUT2D eigenvalue weighted by Gasteiger charge is -2.22. The molecule has 0 unspecified atom stereocenters. The van der Waals surface area contributed by atoms with E-state index in [9.17, 15) is 9.59 Å². The SMILES string of the molecule is COC(=O)c1cn(C[C@@H](c2ccc(N(C)C)cc2)c2c[nH]c3ccccc23)cc2c(=O)[nH]nc1-2. The fraction of sp³-hybridized carbons (Fsp3) is 0.192. The maximum absolute atomic E-state index is 12.4. The summed E-state index contributed by atoms with van der Waals surface area (Å²) in [6, 6.07) is 16.6. The molecular weight excluding hydrogens is 430 g/mol. The number of H-pyrrole nitrogens is 2. The molecule has 0 fully saturated rings. The van der Waals surface area contributed by atoms with Crippen molar-refractivity contribution >= 4 is 22.6 Å². The Morgan fingerprint density at radius 1 is 1.12 bits per heavy atom. The Kier molecular flexibility index (Phi) is 5.41. The van der Waals surface area contributed by atoms with Crippen LogP contribution < -0.4 is 10.5 Å². The van der Waals surface area contributed by atoms with Gasteiger partial charge in [-0.1, -0.05) is 30.3 Å². The molecule has 0 saturated carbocycles. The Labute approximate surface area is 196 Å². The first-order valence-electron chi connectivity index (χ1n) is 11.0. The summed E-state index contributed by atoms with van der Waals surface area (Å²) in [4.78, 5) is 30.2. The highest BCUT2D eigenvalue weighted by Gasteiger charge is 2.24. The number of rotatable bonds is 6. The van der Waals surface area contributed by atoms with E-state index in [1.807, 2.05) is 37.0 Å². The standard InChI is InChI=1S/C26H25N5O3/c1-30(2)17-10-8-16(9-11-17)20(19-12-27-23-7-5-4-6-18(19)23)13-31-14-21-24(28-29-25(21)32)22(15-31)26(33)34-3/h4-12,14-15,20,27H,13H2,1-3H3,(H,29,32)/t20-/m0/s1. The van der Waals surface area contributed by atoms with E-state index in [0.29, 0.717) is 17.8 Å². The number of ether oxygens (including phenoxy) is 1. The number of pyridine rings is 1. The molecule has 0 spiro atoms. The third kappa shape index (κ3) is 3.73. The summed E-state index contributed by atoms with van der Waals surface area (Å²) in [5.74, 6) is -0.577. The van der Waals surface area contributed by atoms with Crippen LogP contribution in [0.2, 0.25) is 0 Å². The van der Waals surface area contributed by atoms with Gasteiger partial charge in [0.1, 0.15) is 11.3 Å². The minimum absolute atomic E-state index is 0.0395. The van der Waals surface area contributed by atoms with E-state index in [4.69, 9.17) is 4.74 Å². The normalized spacial score (nSPS) is 12.2. The molecule has 3 heterocycles. The molecule has 0 bridgehead atoms. The average Bonchev–Trinajstić information content (AvgIpc) is 3.45. The number of hydrogen-bond acceptors (Lipinski definition) is 5. The maximum Gasteiger partial charge on any atom is 0.341 e. The fourth-order valence-electron chi connectivity index (χ4n) is 4.44. The molecule has 2 N–H and O–H groups in total. The molecule has 2 aliphatic rings. The predicted octanol–water partition coefficient (Wildman–Crippen LogP) is 3.84. The highest BCUT2D eigenvalue weighted by atomic mass is 16.5. The zero-order valence-corrected chi connectivity index (χ0v) is 19.2. The number of hydrogen-bond donors (Lipinski definition) is 2. The Hall–Kier alpha value is -4.33. The van der Waals surface area contributed by atoms with Gasteiger partial charge in [0, 0.05) is 61.7 Å². The Morgan fingerprint density at radius 2 is 1.88 bits per heavy atom. The Morgan fingerprint density at radius 3 is 2.62 bits per heavy atom. The summed E-state index contributed by atoms with van der Waals surface area (Å²) in [5, 5.41) is 7.59. The van der Waals surface area contributed by atoms with Gasteiger partial charge in [-0.25, -0.2) is 9.89 Å². The monoisotopic (exact) mass is 455 g/mol. The summed E-state index contributed by atoms with van der Waals surface area (Å²) in [5.41, 5.74) is 4.99. The van der Waals surface area contributed by atoms with Crippen LogP contribution in [0, 0.1) is 0 Å². The largest absolute Gasteiger partial charge is 0.465 e. The van der Waals surface area contributed by atoms with Crippen molar-refractivity contribution in [2.75, 3.05) is 26.1 Å². The topological polar surface area (TPSA) is 96.0 Å². The number of methoxy groups -OCH3 is 1. The van der Waals surface area contributed by atoms with Gasteiger partial charge in [-0.05, 0) is 29.3 Å². The van der Waals surface area contributed by atoms with Gasteiger partial charge in [-0.2, -0.15) is 5.10 Å². The zero-order valence-electron chi connectivity index (χ0n) is 19.2. The average molecular weight is 456 g/mol. The summed E-state index contributed by atoms with van der Waals surface area (Å²) in [6.07, 6.45) is 5.47. The van der Waals surface area contributed by atoms with E-state index >= 15 is 0 Å². The number of benzene rings is 2. The van der Waals surface area contributed by atoms with Crippen LogP contribution in [0.5, 0.6) is 0 Å². The van der Waals surface area contributed by atoms with E-state index in [0.717, 1.165) is 27.7 Å². The molecule has 3 aromatic rings. The number of carbonyl (C=O) groups excluding carboxylic acids is 1. The molecule has 172 valence electrons. The zero-order chi connectivity index (χ0) is 23.8. The number of esters is 1. The van der Waals surface area contributed by atoms with Crippen molar-refractivity contribution < 1.29 is 9.53 Å². The third-order valence-corrected chi connectivity index (χ3v) is 6.22. The Bertz CT molecular complexity index is 1490. The first-order valence-corrected chi connectivity index (χ1v) is 11.0. The highest BCUT2D eigenvalue weighted by molar-refractivity contribution is 5.96. The van der Waals surface area contributed by atoms with Gasteiger partial charge in [0.2, 0.25) is 0 Å². The highest BCUT2D eigenvalue weighted by Crippen LogP contribution is 2.34. The smallest absolute Gasteiger partial charge is 0.341 e. The van der Waals surface area contributed by atoms with Crippen molar-refractivity contribution in [2.45, 2.75) is 12.5 Å². The number of para-hydroxylation sites is 1. The summed E-state index contributed by atoms with van der Waals surface area (Å²) >= 11 is 0. The molecule has 8 heteroatoms. The van der Waals surface area contributed by atoms with E-state index in [1.165, 1.54) is 7.11 Å². The van der Waals surface area contributed by atoms with E-state index in [2.05, 4.69) is 56.5 Å². The van der Waals surface area contributed by atoms with E-state index < -0.39 is 5.97 Å². The van der Waals surface area contributed by atoms with Gasteiger partial charge >= 0.3 is 5.97 Å². The van der Waals surface area contributed by atoms with Crippen molar-refractivity contribution in [1.82, 2.24) is 19.7 Å². The fourth-order valence-corrected chi connectivity index (χ4v) is 4.44. The molecule has 1 atom stereocenters. The minimum atomic E-state index is -0.537. The lowest BCUT2D eigenvalue weighted by Crippen LogP contribution is -2.16. The van der Waals surface area contributed by atoms with Gasteiger partial charge < -0.3 is 19.2 Å². The van der Waals surface area contributed by atoms with Gasteiger partial charge in [0.15, 0.2) is 0 Å². The molecule has 0 saturated heterocycles. The number of carbonyl (C=O) groups is 1. The van der Waals surface area contributed by atoms with Crippen molar-refractivity contribution in [3.63, 3.8) is 0 Å². The van der Waals surface area contributed by atoms with Crippen LogP contribution in [-0.2, 0) is 11.3 Å². The number of nitrogens with zero attached hydrogens (tertiary/aromatic N) is 3. The van der Waals surface area contributed by atoms with Crippen LogP contribution in [0.3, 0.4) is 0 Å². The first-order chi connectivity index (χ1) is 16.5. The molecule has 34 heavy (non-hydrogen) atoms. The number of anilines is 1. The van der Waals surface area contributed by atoms with Gasteiger partial charge in [-0.3, -0.25) is 4.79 Å². The second kappa shape index (κ2) is 8.55. The van der Waals surface area contributed by atoms with Crippen LogP contribution in [-0.4, -0.2) is 46.9 Å². The molecule has 0 radical (unpaired) electrons. The lowest BCUT2D eigenvalue weighted by atomic mass is 9.90. The molecule has 1 aromatic heterocycles. The number of fused-ring (bicyclic) bond motifs is 2. The van der Waals surface area contributed by atoms with Crippen molar-refractivity contribution in [1.29, 1.82) is 0 Å². The van der Waals surface area contributed by atoms with Crippen molar-refractivity contribution in [3.8, 4) is 11.3 Å². The molecule has 5 rings (SSSR count). The van der Waals surface area contributed by atoms with Gasteiger partial charge in [0.05, 0.1) is 12.7 Å². The maximum atomic E-state index is 12.4. The quantitative estimate of drug-likeness (QED) is 0.379. The summed E-state index contributed by atoms with van der Waals surface area (Å²) in [7, 11) is 5.34. The van der Waals surface area contributed by atoms with E-state index in [-0.39, 0.29) is 17.0 Å². The molecule has 0 aliphatic carbocycles. The van der Waals surface area contributed by atoms with Crippen LogP contribution in [0.25, 0.3) is 22.2 Å². The van der Waals surface area contributed by atoms with Crippen LogP contribution in [0.15, 0.2) is 71.9 Å². The molecule has 2 aliphatic heterocycles. The number of aromatic amines is 2. The lowest BCUT2D eigenvalue weighted by molar-refractivity contribution is 0.0600. The first kappa shape index (κ1) is 21.5. The molecule has 0 amide bonds. The van der Waals surface area contributed by atoms with Crippen molar-refractivity contribution in [2.24, 2.45) is 0 Å². The van der Waals surface area contributed by atoms with Crippen LogP contribution in [0.1, 0.15) is 27.4 Å². The van der Waals surface area contributed by atoms with Crippen molar-refractivity contribution in [3.05, 3.63) is 94.2 Å². The second-order valence-electron chi connectivity index (χ2n) is 8.50. The van der Waals surface area contributed by atoms with Crippen LogP contribution in [0.4, 0.5) is 5.69 Å². The summed E-state index contributed by atoms with van der Waals surface area (Å²) in [6.45, 7) is 0.508. The number of nitrogens with one attached hydrogen (secondary N) is 2. The minimum Gasteiger partial charge on any atom is -0.465 e. The Balaban J connectivity index is 1.65. The van der Waals surface area contributed by atoms with Gasteiger partial charge in [-0.15, -0.1) is 0 Å². The van der Waals surface area contributed by atoms with Gasteiger partial charge in [0.25, 0.3) is 5.56 Å². The predicted molar refractivity (Wildman–Crippen MR) is 132 cm³/mol. The second-order valence-corrected chi connectivity index (χ2v) is 8.50. The van der Waals surface area contributed by atoms with Crippen LogP contribution >= 0.6 is 0 Å². The third-order valence-electron chi connectivity index (χ3n) is 6.22. The van der Waals surface area contributed by atoms with E-state index in [1.54, 1.807) is 12.4 Å². The summed E-state index contributed by atoms with van der Waals surface area (Å²) < 4.78 is 6.82.